The highest BCUT2D eigenvalue weighted by Crippen LogP contribution is 2.27. The van der Waals surface area contributed by atoms with Crippen LogP contribution >= 0.6 is 11.6 Å². The van der Waals surface area contributed by atoms with Crippen molar-refractivity contribution in [3.8, 4) is 5.75 Å². The predicted molar refractivity (Wildman–Crippen MR) is 87.5 cm³/mol. The molecule has 2 aromatic rings. The molecule has 0 saturated heterocycles. The quantitative estimate of drug-likeness (QED) is 0.607. The van der Waals surface area contributed by atoms with Crippen molar-refractivity contribution in [2.24, 2.45) is 0 Å². The molecule has 0 fully saturated rings. The van der Waals surface area contributed by atoms with Crippen molar-refractivity contribution in [1.82, 2.24) is 0 Å². The second-order valence-electron chi connectivity index (χ2n) is 4.51. The molecular weight excluding hydrogens is 344 g/mol. The molecule has 1 N–H and O–H groups in total. The lowest BCUT2D eigenvalue weighted by Crippen LogP contribution is -2.21. The van der Waals surface area contributed by atoms with Gasteiger partial charge >= 0.3 is 0 Å². The summed E-state index contributed by atoms with van der Waals surface area (Å²) >= 11 is 5.67. The first-order chi connectivity index (χ1) is 10.9. The van der Waals surface area contributed by atoms with Gasteiger partial charge in [-0.05, 0) is 24.3 Å². The third-order valence-corrected chi connectivity index (χ3v) is 4.35. The normalized spacial score (nSPS) is 11.0. The maximum absolute atomic E-state index is 12.0. The van der Waals surface area contributed by atoms with E-state index in [9.17, 15) is 18.5 Å². The fourth-order valence-corrected chi connectivity index (χ4v) is 2.81. The Morgan fingerprint density at radius 3 is 2.52 bits per heavy atom. The van der Waals surface area contributed by atoms with Crippen LogP contribution in [-0.2, 0) is 10.0 Å². The molecule has 0 spiro atoms. The fourth-order valence-electron chi connectivity index (χ4n) is 1.73. The topological polar surface area (TPSA) is 98.5 Å². The number of rotatable bonds is 7. The molecule has 0 radical (unpaired) electrons. The second kappa shape index (κ2) is 7.30. The molecule has 0 atom stereocenters. The first-order valence-corrected chi connectivity index (χ1v) is 8.53. The van der Waals surface area contributed by atoms with Crippen LogP contribution in [0.25, 0.3) is 0 Å². The van der Waals surface area contributed by atoms with Crippen molar-refractivity contribution in [2.75, 3.05) is 17.1 Å². The van der Waals surface area contributed by atoms with Crippen LogP contribution in [0.15, 0.2) is 48.5 Å². The number of nitrogens with one attached hydrogen (secondary N) is 1. The minimum atomic E-state index is -3.70. The molecule has 2 aromatic carbocycles. The highest BCUT2D eigenvalue weighted by molar-refractivity contribution is 7.92. The Morgan fingerprint density at radius 2 is 1.87 bits per heavy atom. The van der Waals surface area contributed by atoms with E-state index in [4.69, 9.17) is 16.3 Å². The zero-order valence-electron chi connectivity index (χ0n) is 11.8. The number of nitro groups is 1. The summed E-state index contributed by atoms with van der Waals surface area (Å²) < 4.78 is 31.5. The Bertz CT molecular complexity index is 796. The number of anilines is 1. The van der Waals surface area contributed by atoms with E-state index in [0.29, 0.717) is 5.75 Å². The molecule has 0 aromatic heterocycles. The molecule has 122 valence electrons. The predicted octanol–water partition coefficient (Wildman–Crippen LogP) is 3.07. The first kappa shape index (κ1) is 17.0. The lowest BCUT2D eigenvalue weighted by Gasteiger charge is -2.09. The lowest BCUT2D eigenvalue weighted by molar-refractivity contribution is -0.384. The zero-order valence-corrected chi connectivity index (χ0v) is 13.4. The van der Waals surface area contributed by atoms with Crippen LogP contribution in [0, 0.1) is 10.1 Å². The fraction of sp³-hybridized carbons (Fsp3) is 0.143. The summed E-state index contributed by atoms with van der Waals surface area (Å²) in [7, 11) is -3.70. The van der Waals surface area contributed by atoms with E-state index < -0.39 is 14.9 Å². The number of hydrogen-bond donors (Lipinski definition) is 1. The van der Waals surface area contributed by atoms with Gasteiger partial charge in [0.1, 0.15) is 23.1 Å². The zero-order chi connectivity index (χ0) is 16.9. The van der Waals surface area contributed by atoms with E-state index in [-0.39, 0.29) is 28.8 Å². The molecule has 0 unspecified atom stereocenters. The number of ether oxygens (including phenoxy) is 1. The average molecular weight is 357 g/mol. The Labute approximate surface area is 138 Å². The summed E-state index contributed by atoms with van der Waals surface area (Å²) in [4.78, 5) is 10.1. The van der Waals surface area contributed by atoms with E-state index in [1.807, 2.05) is 6.07 Å². The summed E-state index contributed by atoms with van der Waals surface area (Å²) in [6.45, 7) is -0.0466. The van der Waals surface area contributed by atoms with E-state index in [0.717, 1.165) is 6.07 Å². The number of halogens is 1. The number of nitro benzene ring substituents is 1. The average Bonchev–Trinajstić information content (AvgIpc) is 2.49. The summed E-state index contributed by atoms with van der Waals surface area (Å²) in [5.74, 6) is 0.267. The Balaban J connectivity index is 1.98. The van der Waals surface area contributed by atoms with Gasteiger partial charge in [-0.1, -0.05) is 29.8 Å². The van der Waals surface area contributed by atoms with Gasteiger partial charge < -0.3 is 4.74 Å². The van der Waals surface area contributed by atoms with Gasteiger partial charge in [0, 0.05) is 6.07 Å². The Morgan fingerprint density at radius 1 is 1.17 bits per heavy atom. The monoisotopic (exact) mass is 356 g/mol. The molecule has 0 heterocycles. The van der Waals surface area contributed by atoms with Crippen molar-refractivity contribution in [1.29, 1.82) is 0 Å². The summed E-state index contributed by atoms with van der Waals surface area (Å²) in [6.07, 6.45) is 0. The number of benzene rings is 2. The maximum Gasteiger partial charge on any atom is 0.289 e. The van der Waals surface area contributed by atoms with Crippen LogP contribution in [0.1, 0.15) is 0 Å². The van der Waals surface area contributed by atoms with Crippen molar-refractivity contribution in [3.05, 3.63) is 63.7 Å². The van der Waals surface area contributed by atoms with Gasteiger partial charge in [0.05, 0.1) is 10.6 Å². The lowest BCUT2D eigenvalue weighted by atomic mass is 10.3. The van der Waals surface area contributed by atoms with E-state index in [2.05, 4.69) is 4.72 Å². The van der Waals surface area contributed by atoms with Crippen molar-refractivity contribution >= 4 is 33.0 Å². The van der Waals surface area contributed by atoms with Crippen molar-refractivity contribution < 1.29 is 18.1 Å². The molecule has 0 aliphatic rings. The summed E-state index contributed by atoms with van der Waals surface area (Å²) in [5, 5.41) is 10.7. The van der Waals surface area contributed by atoms with E-state index >= 15 is 0 Å². The Hall–Kier alpha value is -2.32. The third kappa shape index (κ3) is 5.11. The minimum Gasteiger partial charge on any atom is -0.492 e. The standard InChI is InChI=1S/C14H13ClN2O5S/c15-13-7-6-11(10-14(13)17(18)19)16-23(20,21)9-8-22-12-4-2-1-3-5-12/h1-7,10,16H,8-9H2. The van der Waals surface area contributed by atoms with Crippen LogP contribution in [-0.4, -0.2) is 25.7 Å². The summed E-state index contributed by atoms with van der Waals surface area (Å²) in [6, 6.07) is 12.5. The number of para-hydroxylation sites is 1. The molecule has 7 nitrogen and oxygen atoms in total. The first-order valence-electron chi connectivity index (χ1n) is 6.50. The molecular formula is C14H13ClN2O5S. The highest BCUT2D eigenvalue weighted by atomic mass is 35.5. The molecule has 0 bridgehead atoms. The van der Waals surface area contributed by atoms with Crippen LogP contribution in [0.5, 0.6) is 5.75 Å². The van der Waals surface area contributed by atoms with Crippen molar-refractivity contribution in [2.45, 2.75) is 0 Å². The third-order valence-electron chi connectivity index (χ3n) is 2.78. The van der Waals surface area contributed by atoms with E-state index in [1.54, 1.807) is 24.3 Å². The summed E-state index contributed by atoms with van der Waals surface area (Å²) in [5.41, 5.74) is -0.298. The van der Waals surface area contributed by atoms with Crippen LogP contribution < -0.4 is 9.46 Å². The highest BCUT2D eigenvalue weighted by Gasteiger charge is 2.16. The molecule has 0 saturated carbocycles. The van der Waals surface area contributed by atoms with E-state index in [1.165, 1.54) is 12.1 Å². The molecule has 0 aliphatic heterocycles. The van der Waals surface area contributed by atoms with Crippen LogP contribution in [0.3, 0.4) is 0 Å². The van der Waals surface area contributed by atoms with Crippen molar-refractivity contribution in [3.63, 3.8) is 0 Å². The smallest absolute Gasteiger partial charge is 0.289 e. The maximum atomic E-state index is 12.0. The molecule has 0 aliphatic carbocycles. The molecule has 23 heavy (non-hydrogen) atoms. The second-order valence-corrected chi connectivity index (χ2v) is 6.75. The van der Waals surface area contributed by atoms with Crippen LogP contribution in [0.2, 0.25) is 5.02 Å². The SMILES string of the molecule is O=[N+]([O-])c1cc(NS(=O)(=O)CCOc2ccccc2)ccc1Cl. The molecule has 2 rings (SSSR count). The minimum absolute atomic E-state index is 0.0466. The van der Waals surface area contributed by atoms with Gasteiger partial charge in [-0.25, -0.2) is 8.42 Å². The van der Waals surface area contributed by atoms with Gasteiger partial charge in [-0.15, -0.1) is 0 Å². The number of hydrogen-bond acceptors (Lipinski definition) is 5. The van der Waals surface area contributed by atoms with Gasteiger partial charge in [0.2, 0.25) is 10.0 Å². The van der Waals surface area contributed by atoms with Gasteiger partial charge in [-0.3, -0.25) is 14.8 Å². The van der Waals surface area contributed by atoms with Gasteiger partial charge in [0.15, 0.2) is 0 Å². The van der Waals surface area contributed by atoms with Gasteiger partial charge in [-0.2, -0.15) is 0 Å². The number of nitrogens with zero attached hydrogens (tertiary/aromatic N) is 1. The Kier molecular flexibility index (Phi) is 5.41. The largest absolute Gasteiger partial charge is 0.492 e. The van der Waals surface area contributed by atoms with Crippen LogP contribution in [0.4, 0.5) is 11.4 Å². The number of sulfonamides is 1. The van der Waals surface area contributed by atoms with Gasteiger partial charge in [0.25, 0.3) is 5.69 Å². The molecule has 0 amide bonds. The molecule has 9 heteroatoms.